The number of halogens is 3. The monoisotopic (exact) mass is 248 g/mol. The van der Waals surface area contributed by atoms with Crippen LogP contribution in [-0.4, -0.2) is 19.3 Å². The van der Waals surface area contributed by atoms with Crippen molar-refractivity contribution >= 4 is 0 Å². The maximum atomic E-state index is 12.2. The number of rotatable bonds is 6. The number of hydrogen-bond acceptors (Lipinski definition) is 2. The van der Waals surface area contributed by atoms with E-state index < -0.39 is 12.1 Å². The van der Waals surface area contributed by atoms with Crippen LogP contribution in [0.4, 0.5) is 13.2 Å². The summed E-state index contributed by atoms with van der Waals surface area (Å²) < 4.78 is 36.6. The van der Waals surface area contributed by atoms with Crippen LogP contribution in [0.5, 0.6) is 0 Å². The van der Waals surface area contributed by atoms with Gasteiger partial charge in [-0.05, 0) is 25.3 Å². The molecule has 0 amide bonds. The minimum atomic E-state index is -4.41. The smallest absolute Gasteiger partial charge is 0.315 e. The summed E-state index contributed by atoms with van der Waals surface area (Å²) in [6.07, 6.45) is 2.71. The summed E-state index contributed by atoms with van der Waals surface area (Å²) in [4.78, 5) is 0. The van der Waals surface area contributed by atoms with E-state index in [2.05, 4.69) is 5.32 Å². The molecule has 1 saturated carbocycles. The first-order valence-electron chi connectivity index (χ1n) is 6.21. The predicted molar refractivity (Wildman–Crippen MR) is 59.2 cm³/mol. The zero-order valence-corrected chi connectivity index (χ0v) is 9.89. The van der Waals surface area contributed by atoms with Crippen LogP contribution in [0, 0.1) is 23.2 Å². The average molecular weight is 248 g/mol. The second-order valence-corrected chi connectivity index (χ2v) is 4.72. The van der Waals surface area contributed by atoms with Gasteiger partial charge in [-0.2, -0.15) is 18.4 Å². The maximum Gasteiger partial charge on any atom is 0.405 e. The van der Waals surface area contributed by atoms with Gasteiger partial charge in [-0.3, -0.25) is 0 Å². The molecule has 0 radical (unpaired) electrons. The molecule has 1 rings (SSSR count). The van der Waals surface area contributed by atoms with E-state index in [-0.39, 0.29) is 6.54 Å². The Labute approximate surface area is 100 Å². The third-order valence-corrected chi connectivity index (χ3v) is 3.34. The number of nitrogens with zero attached hydrogens (tertiary/aromatic N) is 1. The van der Waals surface area contributed by atoms with Crippen molar-refractivity contribution in [3.05, 3.63) is 0 Å². The van der Waals surface area contributed by atoms with Crippen molar-refractivity contribution in [1.29, 1.82) is 5.26 Å². The lowest BCUT2D eigenvalue weighted by atomic mass is 10.0. The first-order valence-corrected chi connectivity index (χ1v) is 6.21. The molecule has 0 aromatic heterocycles. The highest BCUT2D eigenvalue weighted by Gasteiger charge is 2.39. The van der Waals surface area contributed by atoms with E-state index >= 15 is 0 Å². The maximum absolute atomic E-state index is 12.2. The second-order valence-electron chi connectivity index (χ2n) is 4.72. The summed E-state index contributed by atoms with van der Waals surface area (Å²) in [6.45, 7) is 0.287. The third-order valence-electron chi connectivity index (χ3n) is 3.34. The summed E-state index contributed by atoms with van der Waals surface area (Å²) in [5.74, 6) is -1.11. The fraction of sp³-hybridized carbons (Fsp3) is 0.917. The molecule has 1 fully saturated rings. The number of nitrogens with one attached hydrogen (secondary N) is 1. The Bertz CT molecular complexity index is 251. The summed E-state index contributed by atoms with van der Waals surface area (Å²) in [5.41, 5.74) is 0. The van der Waals surface area contributed by atoms with Crippen LogP contribution in [0.1, 0.15) is 38.5 Å². The van der Waals surface area contributed by atoms with Crippen molar-refractivity contribution in [2.75, 3.05) is 13.1 Å². The van der Waals surface area contributed by atoms with E-state index in [1.54, 1.807) is 0 Å². The van der Waals surface area contributed by atoms with Crippen LogP contribution >= 0.6 is 0 Å². The van der Waals surface area contributed by atoms with Gasteiger partial charge in [0, 0.05) is 6.54 Å². The fourth-order valence-corrected chi connectivity index (χ4v) is 2.30. The van der Waals surface area contributed by atoms with E-state index in [0.29, 0.717) is 6.54 Å². The molecule has 1 N–H and O–H groups in total. The van der Waals surface area contributed by atoms with Crippen LogP contribution in [0.25, 0.3) is 0 Å². The minimum absolute atomic E-state index is 0.287. The molecule has 0 aromatic carbocycles. The normalized spacial score (nSPS) is 19.2. The Balaban J connectivity index is 2.05. The molecule has 17 heavy (non-hydrogen) atoms. The molecular formula is C12H19F3N2. The lowest BCUT2D eigenvalue weighted by Gasteiger charge is -2.14. The summed E-state index contributed by atoms with van der Waals surface area (Å²) in [7, 11) is 0. The molecule has 0 heterocycles. The first kappa shape index (κ1) is 14.3. The van der Waals surface area contributed by atoms with Crippen molar-refractivity contribution < 1.29 is 13.2 Å². The average Bonchev–Trinajstić information content (AvgIpc) is 2.74. The third kappa shape index (κ3) is 5.40. The van der Waals surface area contributed by atoms with E-state index in [1.807, 2.05) is 0 Å². The highest BCUT2D eigenvalue weighted by Crippen LogP contribution is 2.28. The lowest BCUT2D eigenvalue weighted by Crippen LogP contribution is -2.33. The molecule has 2 nitrogen and oxygen atoms in total. The van der Waals surface area contributed by atoms with Crippen molar-refractivity contribution in [3.8, 4) is 6.07 Å². The van der Waals surface area contributed by atoms with Gasteiger partial charge in [0.2, 0.25) is 0 Å². The Morgan fingerprint density at radius 2 is 1.94 bits per heavy atom. The molecular weight excluding hydrogens is 229 g/mol. The van der Waals surface area contributed by atoms with Crippen LogP contribution in [0.15, 0.2) is 0 Å². The van der Waals surface area contributed by atoms with E-state index in [1.165, 1.54) is 31.8 Å². The minimum Gasteiger partial charge on any atom is -0.315 e. The second kappa shape index (κ2) is 6.85. The molecule has 1 unspecified atom stereocenters. The Morgan fingerprint density at radius 3 is 2.47 bits per heavy atom. The molecule has 5 heteroatoms. The largest absolute Gasteiger partial charge is 0.405 e. The topological polar surface area (TPSA) is 35.8 Å². The molecule has 0 saturated heterocycles. The van der Waals surface area contributed by atoms with Crippen LogP contribution in [-0.2, 0) is 0 Å². The Hall–Kier alpha value is -0.760. The molecule has 1 aliphatic carbocycles. The molecule has 0 aromatic rings. The van der Waals surface area contributed by atoms with E-state index in [0.717, 1.165) is 18.8 Å². The zero-order chi connectivity index (χ0) is 12.7. The van der Waals surface area contributed by atoms with Crippen molar-refractivity contribution in [3.63, 3.8) is 0 Å². The first-order chi connectivity index (χ1) is 8.04. The van der Waals surface area contributed by atoms with E-state index in [9.17, 15) is 13.2 Å². The molecule has 1 aliphatic rings. The summed E-state index contributed by atoms with van der Waals surface area (Å²) in [6, 6.07) is 1.29. The zero-order valence-electron chi connectivity index (χ0n) is 9.89. The van der Waals surface area contributed by atoms with Crippen molar-refractivity contribution in [2.24, 2.45) is 11.8 Å². The van der Waals surface area contributed by atoms with Crippen LogP contribution < -0.4 is 5.32 Å². The Kier molecular flexibility index (Phi) is 5.76. The van der Waals surface area contributed by atoms with Gasteiger partial charge in [0.05, 0.1) is 6.07 Å². The van der Waals surface area contributed by atoms with E-state index in [4.69, 9.17) is 5.26 Å². The van der Waals surface area contributed by atoms with Gasteiger partial charge >= 0.3 is 6.18 Å². The molecule has 1 atom stereocenters. The van der Waals surface area contributed by atoms with Gasteiger partial charge in [0.15, 0.2) is 5.92 Å². The molecule has 0 aliphatic heterocycles. The van der Waals surface area contributed by atoms with Gasteiger partial charge < -0.3 is 5.32 Å². The van der Waals surface area contributed by atoms with Gasteiger partial charge in [0.1, 0.15) is 0 Å². The van der Waals surface area contributed by atoms with Gasteiger partial charge in [0.25, 0.3) is 0 Å². The highest BCUT2D eigenvalue weighted by atomic mass is 19.4. The fourth-order valence-electron chi connectivity index (χ4n) is 2.30. The number of hydrogen-bond donors (Lipinski definition) is 1. The number of nitriles is 1. The van der Waals surface area contributed by atoms with Crippen LogP contribution in [0.3, 0.4) is 0 Å². The highest BCUT2D eigenvalue weighted by molar-refractivity contribution is 4.89. The van der Waals surface area contributed by atoms with Gasteiger partial charge in [-0.1, -0.05) is 25.7 Å². The summed E-state index contributed by atoms with van der Waals surface area (Å²) in [5, 5.41) is 11.1. The predicted octanol–water partition coefficient (Wildman–Crippen LogP) is 3.25. The standard InChI is InChI=1S/C12H19F3N2/c13-12(14,15)11(8-16)9-17-7-3-6-10-4-1-2-5-10/h10-11,17H,1-7,9H2. The number of alkyl halides is 3. The molecule has 0 bridgehead atoms. The quantitative estimate of drug-likeness (QED) is 0.732. The summed E-state index contributed by atoms with van der Waals surface area (Å²) >= 11 is 0. The lowest BCUT2D eigenvalue weighted by molar-refractivity contribution is -0.157. The Morgan fingerprint density at radius 1 is 1.29 bits per heavy atom. The molecule has 98 valence electrons. The van der Waals surface area contributed by atoms with Crippen molar-refractivity contribution in [1.82, 2.24) is 5.32 Å². The van der Waals surface area contributed by atoms with Crippen molar-refractivity contribution in [2.45, 2.75) is 44.7 Å². The van der Waals surface area contributed by atoms with Crippen LogP contribution in [0.2, 0.25) is 0 Å². The SMILES string of the molecule is N#CC(CNCCCC1CCCC1)C(F)(F)F. The molecule has 0 spiro atoms. The van der Waals surface area contributed by atoms with Gasteiger partial charge in [-0.25, -0.2) is 0 Å². The van der Waals surface area contributed by atoms with Gasteiger partial charge in [-0.15, -0.1) is 0 Å².